The number of aromatic nitrogens is 1. The number of pyridine rings is 1. The van der Waals surface area contributed by atoms with Crippen LogP contribution >= 0.6 is 0 Å². The minimum atomic E-state index is -3.98. The molecule has 3 heterocycles. The molecule has 2 saturated carbocycles. The van der Waals surface area contributed by atoms with Gasteiger partial charge in [-0.05, 0) is 102 Å². The molecular weight excluding hydrogens is 730 g/mol. The number of methoxy groups -OCH3 is 1. The fourth-order valence-corrected chi connectivity index (χ4v) is 9.52. The number of nitrogens with one attached hydrogen (secondary N) is 1. The lowest BCUT2D eigenvalue weighted by molar-refractivity contribution is -0.160. The summed E-state index contributed by atoms with van der Waals surface area (Å²) in [6, 6.07) is 3.76. The first kappa shape index (κ1) is 40.6. The highest BCUT2D eigenvalue weighted by atomic mass is 32.2. The van der Waals surface area contributed by atoms with E-state index >= 15 is 0 Å². The van der Waals surface area contributed by atoms with Crippen LogP contribution in [0.4, 0.5) is 4.39 Å². The molecule has 4 aliphatic rings. The topological polar surface area (TPSA) is 158 Å². The summed E-state index contributed by atoms with van der Waals surface area (Å²) in [5.74, 6) is -3.32. The van der Waals surface area contributed by atoms with Crippen LogP contribution in [-0.2, 0) is 33.9 Å². The molecular formula is C41H54FN3O9S. The fourth-order valence-electron chi connectivity index (χ4n) is 8.19. The highest BCUT2D eigenvalue weighted by molar-refractivity contribution is 7.91. The molecule has 2 aromatic rings. The van der Waals surface area contributed by atoms with E-state index in [1.807, 2.05) is 19.1 Å². The number of allylic oxidation sites excluding steroid dienone is 2. The average Bonchev–Trinajstić information content (AvgIpc) is 3.99. The highest BCUT2D eigenvalue weighted by Crippen LogP contribution is 2.57. The number of sulfonamides is 1. The molecule has 1 aromatic carbocycles. The largest absolute Gasteiger partial charge is 0.497 e. The summed E-state index contributed by atoms with van der Waals surface area (Å²) >= 11 is 0. The van der Waals surface area contributed by atoms with Crippen molar-refractivity contribution in [2.24, 2.45) is 29.1 Å². The van der Waals surface area contributed by atoms with Crippen LogP contribution in [-0.4, -0.2) is 78.0 Å². The quantitative estimate of drug-likeness (QED) is 0.247. The zero-order valence-corrected chi connectivity index (χ0v) is 33.7. The number of Topliss-reactive ketones (excluding diaryl/α,β-unsaturated/α-hetero) is 1. The number of fused-ring (bicyclic) bond motifs is 3. The Balaban J connectivity index is 1.35. The molecule has 14 heteroatoms. The summed E-state index contributed by atoms with van der Waals surface area (Å²) in [7, 11) is -2.50. The number of hydrogen-bond donors (Lipinski definition) is 1. The van der Waals surface area contributed by atoms with Crippen LogP contribution in [0.3, 0.4) is 0 Å². The molecule has 2 aliphatic heterocycles. The van der Waals surface area contributed by atoms with Gasteiger partial charge >= 0.3 is 5.97 Å². The first-order valence-corrected chi connectivity index (χ1v) is 20.8. The molecule has 3 fully saturated rings. The molecule has 1 saturated heterocycles. The molecule has 0 radical (unpaired) electrons. The van der Waals surface area contributed by atoms with E-state index in [4.69, 9.17) is 14.2 Å². The van der Waals surface area contributed by atoms with Gasteiger partial charge in [-0.15, -0.1) is 0 Å². The molecule has 1 N–H and O–H groups in total. The van der Waals surface area contributed by atoms with Crippen LogP contribution in [0, 0.1) is 34.9 Å². The van der Waals surface area contributed by atoms with Crippen molar-refractivity contribution in [3.05, 3.63) is 42.4 Å². The Morgan fingerprint density at radius 3 is 2.51 bits per heavy atom. The smallest absolute Gasteiger partial charge is 0.307 e. The van der Waals surface area contributed by atoms with Crippen LogP contribution in [0.25, 0.3) is 10.8 Å². The number of carbonyl (C=O) groups is 4. The van der Waals surface area contributed by atoms with Crippen molar-refractivity contribution >= 4 is 44.4 Å². The molecule has 300 valence electrons. The number of nitrogens with zero attached hydrogens (tertiary/aromatic N) is 2. The summed E-state index contributed by atoms with van der Waals surface area (Å²) in [5, 5.41) is 0.600. The number of esters is 1. The van der Waals surface area contributed by atoms with Crippen molar-refractivity contribution < 1.29 is 46.2 Å². The van der Waals surface area contributed by atoms with Crippen molar-refractivity contribution in [2.45, 2.75) is 122 Å². The van der Waals surface area contributed by atoms with E-state index in [2.05, 4.69) is 16.6 Å². The van der Waals surface area contributed by atoms with Gasteiger partial charge < -0.3 is 19.1 Å². The molecule has 0 spiro atoms. The van der Waals surface area contributed by atoms with E-state index in [1.165, 1.54) is 18.1 Å². The molecule has 0 bridgehead atoms. The zero-order chi connectivity index (χ0) is 40.1. The van der Waals surface area contributed by atoms with Crippen molar-refractivity contribution in [2.75, 3.05) is 13.7 Å². The van der Waals surface area contributed by atoms with Crippen molar-refractivity contribution in [1.29, 1.82) is 0 Å². The predicted molar refractivity (Wildman–Crippen MR) is 203 cm³/mol. The minimum absolute atomic E-state index is 0.0334. The van der Waals surface area contributed by atoms with E-state index in [1.54, 1.807) is 39.8 Å². The Bertz CT molecular complexity index is 1990. The maximum atomic E-state index is 14.9. The van der Waals surface area contributed by atoms with Gasteiger partial charge in [0.1, 0.15) is 23.3 Å². The maximum Gasteiger partial charge on any atom is 0.307 e. The second-order valence-corrected chi connectivity index (χ2v) is 19.7. The molecule has 7 atom stereocenters. The summed E-state index contributed by atoms with van der Waals surface area (Å²) < 4.78 is 59.9. The van der Waals surface area contributed by atoms with Crippen molar-refractivity contribution in [3.8, 4) is 11.6 Å². The van der Waals surface area contributed by atoms with Gasteiger partial charge in [-0.3, -0.25) is 23.9 Å². The van der Waals surface area contributed by atoms with Crippen LogP contribution in [0.2, 0.25) is 0 Å². The number of hydrogen-bond acceptors (Lipinski definition) is 10. The Hall–Kier alpha value is -4.07. The third-order valence-electron chi connectivity index (χ3n) is 11.9. The zero-order valence-electron chi connectivity index (χ0n) is 32.9. The Labute approximate surface area is 323 Å². The lowest BCUT2D eigenvalue weighted by atomic mass is 9.82. The number of amides is 2. The maximum absolute atomic E-state index is 14.9. The van der Waals surface area contributed by atoms with Gasteiger partial charge in [0.2, 0.25) is 27.7 Å². The third kappa shape index (κ3) is 8.68. The summed E-state index contributed by atoms with van der Waals surface area (Å²) in [5.41, 5.74) is -2.08. The second kappa shape index (κ2) is 15.1. The van der Waals surface area contributed by atoms with Crippen molar-refractivity contribution in [3.63, 3.8) is 0 Å². The molecule has 12 nitrogen and oxygen atoms in total. The van der Waals surface area contributed by atoms with Crippen LogP contribution in [0.1, 0.15) is 99.3 Å². The summed E-state index contributed by atoms with van der Waals surface area (Å²) in [6.07, 6.45) is 7.06. The first-order chi connectivity index (χ1) is 25.8. The predicted octanol–water partition coefficient (Wildman–Crippen LogP) is 6.06. The van der Waals surface area contributed by atoms with Crippen LogP contribution in [0.5, 0.6) is 11.6 Å². The number of benzene rings is 1. The Kier molecular flexibility index (Phi) is 11.2. The highest BCUT2D eigenvalue weighted by Gasteiger charge is 2.62. The third-order valence-corrected chi connectivity index (χ3v) is 14.1. The minimum Gasteiger partial charge on any atom is -0.497 e. The average molecular weight is 784 g/mol. The summed E-state index contributed by atoms with van der Waals surface area (Å²) in [6.45, 7) is 10.9. The number of halogens is 1. The van der Waals surface area contributed by atoms with Gasteiger partial charge in [0.25, 0.3) is 0 Å². The number of rotatable bonds is 8. The Morgan fingerprint density at radius 2 is 1.84 bits per heavy atom. The SMILES string of the molecule is COc1ccc2c(O[C@@H]3C[C@H]4C(=O)C[C@]5(C(=O)NS(=O)(=O)C6(C)CC6)C[C@H]5/C=C\CC[C@@H](C)C[C@@H](C)[C@H](CC(=O)OC(C)(C)C)C(=O)N4C3)ncc(F)c2c1. The van der Waals surface area contributed by atoms with Gasteiger partial charge in [0.15, 0.2) is 5.78 Å². The van der Waals surface area contributed by atoms with E-state index in [0.29, 0.717) is 36.8 Å². The second-order valence-electron chi connectivity index (χ2n) is 17.5. The molecule has 1 aromatic heterocycles. The Morgan fingerprint density at radius 1 is 1.11 bits per heavy atom. The normalized spacial score (nSPS) is 30.3. The van der Waals surface area contributed by atoms with Gasteiger partial charge in [0.05, 0.1) is 48.4 Å². The lowest BCUT2D eigenvalue weighted by Crippen LogP contribution is -2.48. The first-order valence-electron chi connectivity index (χ1n) is 19.3. The molecule has 2 aliphatic carbocycles. The van der Waals surface area contributed by atoms with E-state index in [9.17, 15) is 32.0 Å². The molecule has 0 unspecified atom stereocenters. The van der Waals surface area contributed by atoms with Crippen LogP contribution in [0.15, 0.2) is 36.5 Å². The monoisotopic (exact) mass is 783 g/mol. The number of carbonyl (C=O) groups excluding carboxylic acids is 4. The number of ether oxygens (including phenoxy) is 3. The molecule has 6 rings (SSSR count). The molecule has 55 heavy (non-hydrogen) atoms. The van der Waals surface area contributed by atoms with Gasteiger partial charge in [-0.25, -0.2) is 17.8 Å². The van der Waals surface area contributed by atoms with Gasteiger partial charge in [-0.1, -0.05) is 26.0 Å². The summed E-state index contributed by atoms with van der Waals surface area (Å²) in [4.78, 5) is 62.4. The van der Waals surface area contributed by atoms with E-state index < -0.39 is 73.2 Å². The molecule has 2 amide bonds. The van der Waals surface area contributed by atoms with E-state index in [-0.39, 0.29) is 61.2 Å². The van der Waals surface area contributed by atoms with Gasteiger partial charge in [0, 0.05) is 23.6 Å². The standard InChI is InChI=1S/C41H54FN3O9S/c1-24-10-8-9-11-26-20-41(26,38(49)44-55(50,51)40(6)14-15-40)21-34(46)33-18-28(53-36-29-13-12-27(52-7)17-31(29)32(42)22-43-36)23-45(33)37(48)30(25(2)16-24)19-35(47)54-39(3,4)5/h9,11-13,17,22,24-26,28,30,33H,8,10,14-16,18-21,23H2,1-7H3,(H,44,49)/b11-9-/t24-,25-,26-,28-,30+,33+,41-/m1/s1. The van der Waals surface area contributed by atoms with Crippen molar-refractivity contribution in [1.82, 2.24) is 14.6 Å². The van der Waals surface area contributed by atoms with Crippen LogP contribution < -0.4 is 14.2 Å². The van der Waals surface area contributed by atoms with E-state index in [0.717, 1.165) is 12.6 Å². The fraction of sp³-hybridized carbons (Fsp3) is 0.634. The lowest BCUT2D eigenvalue weighted by Gasteiger charge is -2.32. The van der Waals surface area contributed by atoms with Gasteiger partial charge in [-0.2, -0.15) is 0 Å². The number of ketones is 1.